The lowest BCUT2D eigenvalue weighted by Crippen LogP contribution is -2.27. The maximum absolute atomic E-state index is 12.4. The van der Waals surface area contributed by atoms with E-state index in [1.165, 1.54) is 0 Å². The van der Waals surface area contributed by atoms with Crippen molar-refractivity contribution in [3.05, 3.63) is 65.9 Å². The normalized spacial score (nSPS) is 21.8. The molecule has 112 valence electrons. The highest BCUT2D eigenvalue weighted by molar-refractivity contribution is 7.86. The highest BCUT2D eigenvalue weighted by atomic mass is 32.2. The van der Waals surface area contributed by atoms with Crippen molar-refractivity contribution in [2.75, 3.05) is 7.05 Å². The highest BCUT2D eigenvalue weighted by Crippen LogP contribution is 2.25. The fourth-order valence-corrected chi connectivity index (χ4v) is 3.07. The summed E-state index contributed by atoms with van der Waals surface area (Å²) in [7, 11) is -2.02. The van der Waals surface area contributed by atoms with Crippen LogP contribution in [0.5, 0.6) is 0 Å². The maximum atomic E-state index is 12.4. The van der Waals surface area contributed by atoms with Crippen molar-refractivity contribution in [3.63, 3.8) is 0 Å². The minimum absolute atomic E-state index is 0.155. The van der Waals surface area contributed by atoms with Crippen LogP contribution in [-0.2, 0) is 14.3 Å². The summed E-state index contributed by atoms with van der Waals surface area (Å²) in [6.07, 6.45) is 8.84. The zero-order valence-electron chi connectivity index (χ0n) is 12.3. The Morgan fingerprint density at radius 2 is 1.81 bits per heavy atom. The molecule has 0 spiro atoms. The van der Waals surface area contributed by atoms with Crippen molar-refractivity contribution in [3.8, 4) is 0 Å². The third kappa shape index (κ3) is 3.83. The molecular weight excluding hydrogens is 286 g/mol. The number of hydrogen-bond acceptors (Lipinski definition) is 4. The second kappa shape index (κ2) is 5.87. The summed E-state index contributed by atoms with van der Waals surface area (Å²) >= 11 is 0. The van der Waals surface area contributed by atoms with Gasteiger partial charge in [-0.1, -0.05) is 23.8 Å². The molecule has 0 heterocycles. The Morgan fingerprint density at radius 1 is 1.14 bits per heavy atom. The minimum atomic E-state index is -3.82. The molecule has 0 saturated heterocycles. The molecule has 1 N–H and O–H groups in total. The Balaban J connectivity index is 2.26. The van der Waals surface area contributed by atoms with Crippen molar-refractivity contribution < 1.29 is 12.6 Å². The first-order chi connectivity index (χ1) is 9.85. The molecule has 4 nitrogen and oxygen atoms in total. The average Bonchev–Trinajstić information content (AvgIpc) is 2.60. The highest BCUT2D eigenvalue weighted by Gasteiger charge is 2.28. The first-order valence-electron chi connectivity index (χ1n) is 6.63. The van der Waals surface area contributed by atoms with Gasteiger partial charge >= 0.3 is 0 Å². The molecule has 0 saturated carbocycles. The third-order valence-corrected chi connectivity index (χ3v) is 4.61. The molecule has 1 aromatic rings. The molecule has 1 unspecified atom stereocenters. The van der Waals surface area contributed by atoms with E-state index in [0.717, 1.165) is 11.3 Å². The number of likely N-dealkylation sites (N-methyl/N-ethyl adjacent to an activating group) is 1. The van der Waals surface area contributed by atoms with Crippen LogP contribution in [-0.4, -0.2) is 21.1 Å². The van der Waals surface area contributed by atoms with Crippen LogP contribution in [0.4, 0.5) is 0 Å². The summed E-state index contributed by atoms with van der Waals surface area (Å²) in [5.41, 5.74) is 0.863. The second-order valence-electron chi connectivity index (χ2n) is 5.10. The number of allylic oxidation sites excluding steroid dienone is 3. The number of benzene rings is 1. The van der Waals surface area contributed by atoms with Crippen molar-refractivity contribution in [1.29, 1.82) is 0 Å². The molecule has 1 atom stereocenters. The fraction of sp³-hybridized carbons (Fsp3) is 0.250. The molecule has 0 bridgehead atoms. The summed E-state index contributed by atoms with van der Waals surface area (Å²) < 4.78 is 30.1. The van der Waals surface area contributed by atoms with Gasteiger partial charge in [0.05, 0.1) is 4.90 Å². The van der Waals surface area contributed by atoms with Crippen LogP contribution >= 0.6 is 0 Å². The van der Waals surface area contributed by atoms with Gasteiger partial charge in [0.15, 0.2) is 0 Å². The average molecular weight is 305 g/mol. The molecule has 5 heteroatoms. The van der Waals surface area contributed by atoms with Crippen molar-refractivity contribution >= 4 is 10.1 Å². The first kappa shape index (κ1) is 15.5. The van der Waals surface area contributed by atoms with E-state index in [1.54, 1.807) is 62.5 Å². The molecule has 21 heavy (non-hydrogen) atoms. The predicted molar refractivity (Wildman–Crippen MR) is 83.3 cm³/mol. The lowest BCUT2D eigenvalue weighted by atomic mass is 10.1. The van der Waals surface area contributed by atoms with Gasteiger partial charge in [-0.15, -0.1) is 0 Å². The molecule has 1 aromatic carbocycles. The molecule has 2 rings (SSSR count). The van der Waals surface area contributed by atoms with E-state index in [2.05, 4.69) is 5.32 Å². The monoisotopic (exact) mass is 305 g/mol. The molecule has 1 aliphatic carbocycles. The van der Waals surface area contributed by atoms with Gasteiger partial charge in [0.2, 0.25) is 0 Å². The van der Waals surface area contributed by atoms with Gasteiger partial charge in [0.25, 0.3) is 10.1 Å². The molecule has 0 aliphatic heterocycles. The predicted octanol–water partition coefficient (Wildman–Crippen LogP) is 2.69. The fourth-order valence-electron chi connectivity index (χ4n) is 1.92. The van der Waals surface area contributed by atoms with E-state index >= 15 is 0 Å². The zero-order valence-corrected chi connectivity index (χ0v) is 13.1. The Bertz CT molecular complexity index is 700. The SMILES string of the molecule is CNC1=CC=CC(C)(OS(=O)(=O)c2ccc(C)cc2)C=C1. The topological polar surface area (TPSA) is 55.4 Å². The van der Waals surface area contributed by atoms with Gasteiger partial charge in [0.1, 0.15) is 5.60 Å². The molecule has 1 aliphatic rings. The van der Waals surface area contributed by atoms with Gasteiger partial charge in [0, 0.05) is 12.7 Å². The molecule has 0 fully saturated rings. The molecule has 0 radical (unpaired) electrons. The van der Waals surface area contributed by atoms with Crippen LogP contribution in [0.1, 0.15) is 12.5 Å². The van der Waals surface area contributed by atoms with Crippen LogP contribution in [0.25, 0.3) is 0 Å². The Labute approximate surface area is 126 Å². The zero-order chi connectivity index (χ0) is 15.5. The lowest BCUT2D eigenvalue weighted by molar-refractivity contribution is 0.201. The van der Waals surface area contributed by atoms with E-state index in [4.69, 9.17) is 4.18 Å². The molecular formula is C16H19NO3S. The number of nitrogens with one attached hydrogen (secondary N) is 1. The van der Waals surface area contributed by atoms with E-state index in [-0.39, 0.29) is 4.90 Å². The van der Waals surface area contributed by atoms with Crippen LogP contribution in [0, 0.1) is 6.92 Å². The number of rotatable bonds is 4. The summed E-state index contributed by atoms with van der Waals surface area (Å²) in [4.78, 5) is 0.155. The summed E-state index contributed by atoms with van der Waals surface area (Å²) in [5.74, 6) is 0. The molecule has 0 amide bonds. The Kier molecular flexibility index (Phi) is 4.34. The summed E-state index contributed by atoms with van der Waals surface area (Å²) in [6, 6.07) is 6.60. The lowest BCUT2D eigenvalue weighted by Gasteiger charge is -2.21. The third-order valence-electron chi connectivity index (χ3n) is 3.18. The molecule has 0 aromatic heterocycles. The smallest absolute Gasteiger partial charge is 0.298 e. The van der Waals surface area contributed by atoms with Crippen molar-refractivity contribution in [2.45, 2.75) is 24.3 Å². The van der Waals surface area contributed by atoms with E-state index in [9.17, 15) is 8.42 Å². The Morgan fingerprint density at radius 3 is 2.43 bits per heavy atom. The van der Waals surface area contributed by atoms with Crippen LogP contribution in [0.3, 0.4) is 0 Å². The van der Waals surface area contributed by atoms with Gasteiger partial charge in [-0.05, 0) is 50.3 Å². The van der Waals surface area contributed by atoms with Gasteiger partial charge in [-0.25, -0.2) is 0 Å². The maximum Gasteiger partial charge on any atom is 0.298 e. The van der Waals surface area contributed by atoms with E-state index in [0.29, 0.717) is 0 Å². The number of hydrogen-bond donors (Lipinski definition) is 1. The van der Waals surface area contributed by atoms with Crippen LogP contribution < -0.4 is 5.32 Å². The minimum Gasteiger partial charge on any atom is -0.388 e. The summed E-state index contributed by atoms with van der Waals surface area (Å²) in [5, 5.41) is 3.00. The van der Waals surface area contributed by atoms with Crippen LogP contribution in [0.2, 0.25) is 0 Å². The standard InChI is InChI=1S/C16H19NO3S/c1-13-6-8-15(9-7-13)21(18,19)20-16(2)11-4-5-14(17-3)10-12-16/h4-12,17H,1-3H3. The summed E-state index contributed by atoms with van der Waals surface area (Å²) in [6.45, 7) is 3.61. The van der Waals surface area contributed by atoms with E-state index < -0.39 is 15.7 Å². The van der Waals surface area contributed by atoms with Crippen LogP contribution in [0.15, 0.2) is 65.2 Å². The van der Waals surface area contributed by atoms with Gasteiger partial charge in [-0.2, -0.15) is 8.42 Å². The van der Waals surface area contributed by atoms with Gasteiger partial charge < -0.3 is 5.32 Å². The first-order valence-corrected chi connectivity index (χ1v) is 8.04. The number of aryl methyl sites for hydroxylation is 1. The Hall–Kier alpha value is -1.85. The quantitative estimate of drug-likeness (QED) is 0.869. The largest absolute Gasteiger partial charge is 0.388 e. The van der Waals surface area contributed by atoms with Crippen molar-refractivity contribution in [1.82, 2.24) is 5.32 Å². The van der Waals surface area contributed by atoms with E-state index in [1.807, 2.05) is 13.0 Å². The van der Waals surface area contributed by atoms with Crippen molar-refractivity contribution in [2.24, 2.45) is 0 Å². The van der Waals surface area contributed by atoms with Gasteiger partial charge in [-0.3, -0.25) is 4.18 Å². The second-order valence-corrected chi connectivity index (χ2v) is 6.65.